The number of rotatable bonds is 4. The van der Waals surface area contributed by atoms with Crippen molar-refractivity contribution in [1.82, 2.24) is 9.21 Å². The van der Waals surface area contributed by atoms with Gasteiger partial charge in [0.1, 0.15) is 5.75 Å². The number of piperidine rings is 3. The predicted octanol–water partition coefficient (Wildman–Crippen LogP) is 1.72. The summed E-state index contributed by atoms with van der Waals surface area (Å²) in [5.41, 5.74) is 0.729. The minimum atomic E-state index is -3.47. The van der Waals surface area contributed by atoms with Crippen molar-refractivity contribution < 1.29 is 13.2 Å². The highest BCUT2D eigenvalue weighted by molar-refractivity contribution is 7.89. The lowest BCUT2D eigenvalue weighted by Gasteiger charge is -2.47. The highest BCUT2D eigenvalue weighted by Crippen LogP contribution is 2.33. The molecule has 0 aliphatic carbocycles. The number of fused-ring (bicyclic) bond motifs is 3. The molecule has 3 saturated heterocycles. The first-order valence-electron chi connectivity index (χ1n) is 7.78. The van der Waals surface area contributed by atoms with E-state index in [1.807, 2.05) is 6.92 Å². The van der Waals surface area contributed by atoms with Gasteiger partial charge in [-0.2, -0.15) is 4.31 Å². The maximum absolute atomic E-state index is 13.0. The van der Waals surface area contributed by atoms with Crippen molar-refractivity contribution in [3.8, 4) is 5.75 Å². The average Bonchev–Trinajstić information content (AvgIpc) is 2.54. The van der Waals surface area contributed by atoms with Crippen LogP contribution in [-0.2, 0) is 10.0 Å². The van der Waals surface area contributed by atoms with Gasteiger partial charge in [-0.3, -0.25) is 0 Å². The Balaban J connectivity index is 1.89. The zero-order valence-electron chi connectivity index (χ0n) is 13.4. The number of sulfonamides is 1. The van der Waals surface area contributed by atoms with Crippen LogP contribution in [0.2, 0.25) is 0 Å². The van der Waals surface area contributed by atoms with Crippen LogP contribution in [0.25, 0.3) is 0 Å². The van der Waals surface area contributed by atoms with Crippen LogP contribution in [0.15, 0.2) is 23.1 Å². The molecule has 1 atom stereocenters. The van der Waals surface area contributed by atoms with Gasteiger partial charge in [0.15, 0.2) is 0 Å². The van der Waals surface area contributed by atoms with Gasteiger partial charge < -0.3 is 9.64 Å². The molecule has 122 valence electrons. The number of hydrogen-bond donors (Lipinski definition) is 0. The van der Waals surface area contributed by atoms with Crippen LogP contribution in [-0.4, -0.2) is 57.5 Å². The van der Waals surface area contributed by atoms with Crippen molar-refractivity contribution in [3.05, 3.63) is 23.8 Å². The smallest absolute Gasteiger partial charge is 0.243 e. The average molecular weight is 324 g/mol. The Hall–Kier alpha value is -1.11. The highest BCUT2D eigenvalue weighted by atomic mass is 32.2. The SMILES string of the molecule is COc1ccc(S(=O)(=O)N(C)C2CN3CCC2CC3)c(C)c1. The molecule has 5 nitrogen and oxygen atoms in total. The summed E-state index contributed by atoms with van der Waals surface area (Å²) in [6.45, 7) is 4.89. The Labute approximate surface area is 132 Å². The van der Waals surface area contributed by atoms with Gasteiger partial charge >= 0.3 is 0 Å². The van der Waals surface area contributed by atoms with E-state index in [2.05, 4.69) is 4.90 Å². The molecule has 22 heavy (non-hydrogen) atoms. The van der Waals surface area contributed by atoms with E-state index in [1.54, 1.807) is 36.7 Å². The monoisotopic (exact) mass is 324 g/mol. The first-order chi connectivity index (χ1) is 10.4. The summed E-state index contributed by atoms with van der Waals surface area (Å²) in [6, 6.07) is 5.23. The summed E-state index contributed by atoms with van der Waals surface area (Å²) in [7, 11) is -0.152. The van der Waals surface area contributed by atoms with Crippen LogP contribution in [0.5, 0.6) is 5.75 Å². The molecule has 0 amide bonds. The second-order valence-electron chi connectivity index (χ2n) is 6.36. The largest absolute Gasteiger partial charge is 0.497 e. The van der Waals surface area contributed by atoms with E-state index in [9.17, 15) is 8.42 Å². The van der Waals surface area contributed by atoms with Crippen molar-refractivity contribution in [2.45, 2.75) is 30.7 Å². The van der Waals surface area contributed by atoms with E-state index >= 15 is 0 Å². The summed E-state index contributed by atoms with van der Waals surface area (Å²) in [4.78, 5) is 2.75. The first-order valence-corrected chi connectivity index (χ1v) is 9.22. The molecule has 3 heterocycles. The summed E-state index contributed by atoms with van der Waals surface area (Å²) >= 11 is 0. The second kappa shape index (κ2) is 5.83. The summed E-state index contributed by atoms with van der Waals surface area (Å²) in [6.07, 6.45) is 2.21. The third-order valence-electron chi connectivity index (χ3n) is 5.13. The van der Waals surface area contributed by atoms with E-state index in [0.29, 0.717) is 16.6 Å². The van der Waals surface area contributed by atoms with Crippen molar-refractivity contribution in [1.29, 1.82) is 0 Å². The molecular formula is C16H24N2O3S. The van der Waals surface area contributed by atoms with Crippen molar-refractivity contribution in [2.75, 3.05) is 33.8 Å². The maximum Gasteiger partial charge on any atom is 0.243 e. The van der Waals surface area contributed by atoms with Gasteiger partial charge in [-0.15, -0.1) is 0 Å². The molecule has 1 aromatic rings. The molecule has 3 aliphatic rings. The molecule has 0 aromatic heterocycles. The lowest BCUT2D eigenvalue weighted by Crippen LogP contribution is -2.57. The fraction of sp³-hybridized carbons (Fsp3) is 0.625. The molecule has 0 N–H and O–H groups in total. The van der Waals surface area contributed by atoms with Crippen molar-refractivity contribution in [2.24, 2.45) is 5.92 Å². The van der Waals surface area contributed by atoms with Gasteiger partial charge in [-0.05, 0) is 62.5 Å². The summed E-state index contributed by atoms with van der Waals surface area (Å²) in [5.74, 6) is 1.17. The molecule has 2 bridgehead atoms. The second-order valence-corrected chi connectivity index (χ2v) is 8.32. The van der Waals surface area contributed by atoms with Gasteiger partial charge in [0.25, 0.3) is 0 Å². The van der Waals surface area contributed by atoms with E-state index in [4.69, 9.17) is 4.74 Å². The predicted molar refractivity (Wildman–Crippen MR) is 85.6 cm³/mol. The van der Waals surface area contributed by atoms with Gasteiger partial charge in [-0.25, -0.2) is 8.42 Å². The molecule has 1 unspecified atom stereocenters. The topological polar surface area (TPSA) is 49.9 Å². The van der Waals surface area contributed by atoms with Crippen LogP contribution in [0.1, 0.15) is 18.4 Å². The molecule has 0 radical (unpaired) electrons. The number of benzene rings is 1. The molecule has 3 aliphatic heterocycles. The van der Waals surface area contributed by atoms with Gasteiger partial charge in [0.2, 0.25) is 10.0 Å². The molecule has 3 fully saturated rings. The van der Waals surface area contributed by atoms with E-state index in [0.717, 1.165) is 38.0 Å². The molecule has 6 heteroatoms. The molecule has 4 rings (SSSR count). The Morgan fingerprint density at radius 1 is 1.27 bits per heavy atom. The normalized spacial score (nSPS) is 28.1. The Morgan fingerprint density at radius 3 is 2.45 bits per heavy atom. The number of ether oxygens (including phenoxy) is 1. The summed E-state index contributed by atoms with van der Waals surface area (Å²) in [5, 5.41) is 0. The molecule has 0 spiro atoms. The van der Waals surface area contributed by atoms with Gasteiger partial charge in [0, 0.05) is 19.6 Å². The molecule has 0 saturated carbocycles. The van der Waals surface area contributed by atoms with E-state index in [-0.39, 0.29) is 6.04 Å². The lowest BCUT2D eigenvalue weighted by molar-refractivity contribution is 0.0465. The third kappa shape index (κ3) is 2.64. The fourth-order valence-electron chi connectivity index (χ4n) is 3.72. The maximum atomic E-state index is 13.0. The van der Waals surface area contributed by atoms with Crippen LogP contribution in [0.4, 0.5) is 0 Å². The number of aryl methyl sites for hydroxylation is 1. The minimum absolute atomic E-state index is 0.0917. The molecule has 1 aromatic carbocycles. The lowest BCUT2D eigenvalue weighted by atomic mass is 9.84. The van der Waals surface area contributed by atoms with Gasteiger partial charge in [0.05, 0.1) is 12.0 Å². The minimum Gasteiger partial charge on any atom is -0.497 e. The van der Waals surface area contributed by atoms with Crippen molar-refractivity contribution >= 4 is 10.0 Å². The quantitative estimate of drug-likeness (QED) is 0.846. The number of nitrogens with zero attached hydrogens (tertiary/aromatic N) is 2. The fourth-order valence-corrected chi connectivity index (χ4v) is 5.33. The Kier molecular flexibility index (Phi) is 4.18. The van der Waals surface area contributed by atoms with Crippen LogP contribution < -0.4 is 4.74 Å². The summed E-state index contributed by atoms with van der Waals surface area (Å²) < 4.78 is 32.7. The third-order valence-corrected chi connectivity index (χ3v) is 7.17. The zero-order valence-corrected chi connectivity index (χ0v) is 14.3. The number of methoxy groups -OCH3 is 1. The van der Waals surface area contributed by atoms with E-state index < -0.39 is 10.0 Å². The van der Waals surface area contributed by atoms with Crippen molar-refractivity contribution in [3.63, 3.8) is 0 Å². The highest BCUT2D eigenvalue weighted by Gasteiger charge is 2.40. The zero-order chi connectivity index (χ0) is 15.9. The van der Waals surface area contributed by atoms with E-state index in [1.165, 1.54) is 0 Å². The Bertz CT molecular complexity index is 651. The standard InChI is InChI=1S/C16H24N2O3S/c1-12-10-14(21-3)4-5-16(12)22(19,20)17(2)15-11-18-8-6-13(15)7-9-18/h4-5,10,13,15H,6-9,11H2,1-3H3. The van der Waals surface area contributed by atoms with Gasteiger partial charge in [-0.1, -0.05) is 0 Å². The van der Waals surface area contributed by atoms with Crippen LogP contribution in [0, 0.1) is 12.8 Å². The number of hydrogen-bond acceptors (Lipinski definition) is 4. The van der Waals surface area contributed by atoms with Crippen LogP contribution in [0.3, 0.4) is 0 Å². The number of likely N-dealkylation sites (N-methyl/N-ethyl adjacent to an activating group) is 1. The molecular weight excluding hydrogens is 300 g/mol. The first kappa shape index (κ1) is 15.8. The Morgan fingerprint density at radius 2 is 1.95 bits per heavy atom. The van der Waals surface area contributed by atoms with Crippen LogP contribution >= 0.6 is 0 Å².